The van der Waals surface area contributed by atoms with E-state index in [1.807, 2.05) is 0 Å². The number of rotatable bonds is 3. The molecule has 0 aromatic heterocycles. The van der Waals surface area contributed by atoms with Crippen LogP contribution in [0.3, 0.4) is 0 Å². The van der Waals surface area contributed by atoms with E-state index in [4.69, 9.17) is 10.5 Å². The van der Waals surface area contributed by atoms with Crippen LogP contribution in [0.2, 0.25) is 0 Å². The fourth-order valence-electron chi connectivity index (χ4n) is 3.33. The quantitative estimate of drug-likeness (QED) is 0.820. The molecule has 1 atom stereocenters. The maximum Gasteiger partial charge on any atom is 0.223 e. The van der Waals surface area contributed by atoms with Crippen LogP contribution in [0.15, 0.2) is 0 Å². The van der Waals surface area contributed by atoms with Crippen LogP contribution in [0, 0.1) is 11.8 Å². The number of hydrogen-bond donors (Lipinski definition) is 2. The SMILES string of the molecule is CC1(C)CC(NC(=O)C2CCC(CN)CC2)CCO1. The van der Waals surface area contributed by atoms with Gasteiger partial charge in [0.25, 0.3) is 0 Å². The number of ether oxygens (including phenoxy) is 1. The molecule has 1 aliphatic carbocycles. The summed E-state index contributed by atoms with van der Waals surface area (Å²) in [5, 5.41) is 3.23. The summed E-state index contributed by atoms with van der Waals surface area (Å²) in [5.74, 6) is 1.08. The third-order valence-electron chi connectivity index (χ3n) is 4.59. The van der Waals surface area contributed by atoms with Crippen molar-refractivity contribution < 1.29 is 9.53 Å². The van der Waals surface area contributed by atoms with Gasteiger partial charge in [-0.1, -0.05) is 0 Å². The molecule has 0 spiro atoms. The summed E-state index contributed by atoms with van der Waals surface area (Å²) in [6, 6.07) is 0.281. The van der Waals surface area contributed by atoms with Crippen LogP contribution in [0.5, 0.6) is 0 Å². The fraction of sp³-hybridized carbons (Fsp3) is 0.933. The Bertz CT molecular complexity index is 309. The van der Waals surface area contributed by atoms with Gasteiger partial charge in [0, 0.05) is 18.6 Å². The molecule has 1 heterocycles. The molecule has 1 saturated heterocycles. The van der Waals surface area contributed by atoms with Crippen LogP contribution in [0.1, 0.15) is 52.4 Å². The molecular formula is C15H28N2O2. The van der Waals surface area contributed by atoms with Crippen LogP contribution in [-0.4, -0.2) is 30.7 Å². The van der Waals surface area contributed by atoms with E-state index < -0.39 is 0 Å². The molecule has 0 aromatic carbocycles. The lowest BCUT2D eigenvalue weighted by atomic mass is 9.81. The molecule has 0 bridgehead atoms. The highest BCUT2D eigenvalue weighted by Gasteiger charge is 2.32. The maximum atomic E-state index is 12.3. The Morgan fingerprint density at radius 2 is 1.95 bits per heavy atom. The molecule has 4 heteroatoms. The minimum atomic E-state index is -0.104. The average molecular weight is 268 g/mol. The van der Waals surface area contributed by atoms with Gasteiger partial charge in [-0.2, -0.15) is 0 Å². The van der Waals surface area contributed by atoms with Gasteiger partial charge < -0.3 is 15.8 Å². The van der Waals surface area contributed by atoms with E-state index in [9.17, 15) is 4.79 Å². The Morgan fingerprint density at radius 1 is 1.26 bits per heavy atom. The molecule has 0 radical (unpaired) electrons. The van der Waals surface area contributed by atoms with Gasteiger partial charge in [0.1, 0.15) is 0 Å². The molecule has 1 saturated carbocycles. The van der Waals surface area contributed by atoms with Crippen LogP contribution in [-0.2, 0) is 9.53 Å². The topological polar surface area (TPSA) is 64.4 Å². The molecule has 2 fully saturated rings. The van der Waals surface area contributed by atoms with Gasteiger partial charge in [-0.05, 0) is 64.8 Å². The maximum absolute atomic E-state index is 12.3. The highest BCUT2D eigenvalue weighted by molar-refractivity contribution is 5.79. The van der Waals surface area contributed by atoms with Crippen molar-refractivity contribution in [3.05, 3.63) is 0 Å². The zero-order valence-electron chi connectivity index (χ0n) is 12.3. The Morgan fingerprint density at radius 3 is 2.53 bits per heavy atom. The molecule has 1 unspecified atom stereocenters. The van der Waals surface area contributed by atoms with Crippen LogP contribution in [0.4, 0.5) is 0 Å². The van der Waals surface area contributed by atoms with E-state index in [2.05, 4.69) is 19.2 Å². The van der Waals surface area contributed by atoms with Crippen molar-refractivity contribution in [1.29, 1.82) is 0 Å². The Kier molecular flexibility index (Phi) is 4.85. The number of hydrogen-bond acceptors (Lipinski definition) is 3. The Hall–Kier alpha value is -0.610. The molecule has 2 aliphatic rings. The van der Waals surface area contributed by atoms with Crippen molar-refractivity contribution in [3.63, 3.8) is 0 Å². The van der Waals surface area contributed by atoms with Crippen molar-refractivity contribution in [2.45, 2.75) is 64.0 Å². The van der Waals surface area contributed by atoms with Gasteiger partial charge in [-0.25, -0.2) is 0 Å². The van der Waals surface area contributed by atoms with Gasteiger partial charge >= 0.3 is 0 Å². The summed E-state index contributed by atoms with van der Waals surface area (Å²) in [6.07, 6.45) is 6.06. The summed E-state index contributed by atoms with van der Waals surface area (Å²) in [5.41, 5.74) is 5.59. The summed E-state index contributed by atoms with van der Waals surface area (Å²) < 4.78 is 5.69. The molecule has 19 heavy (non-hydrogen) atoms. The third kappa shape index (κ3) is 4.18. The Labute approximate surface area is 116 Å². The van der Waals surface area contributed by atoms with E-state index in [1.54, 1.807) is 0 Å². The summed E-state index contributed by atoms with van der Waals surface area (Å²) in [4.78, 5) is 12.3. The third-order valence-corrected chi connectivity index (χ3v) is 4.59. The van der Waals surface area contributed by atoms with Crippen LogP contribution < -0.4 is 11.1 Å². The van der Waals surface area contributed by atoms with E-state index in [1.165, 1.54) is 0 Å². The summed E-state index contributed by atoms with van der Waals surface area (Å²) in [6.45, 7) is 5.70. The first-order valence-electron chi connectivity index (χ1n) is 7.64. The molecular weight excluding hydrogens is 240 g/mol. The number of amides is 1. The highest BCUT2D eigenvalue weighted by atomic mass is 16.5. The van der Waals surface area contributed by atoms with Crippen molar-refractivity contribution in [2.75, 3.05) is 13.2 Å². The van der Waals surface area contributed by atoms with Gasteiger partial charge in [0.2, 0.25) is 5.91 Å². The zero-order valence-corrected chi connectivity index (χ0v) is 12.3. The number of nitrogens with two attached hydrogens (primary N) is 1. The van der Waals surface area contributed by atoms with Crippen molar-refractivity contribution in [1.82, 2.24) is 5.32 Å². The number of carbonyl (C=O) groups excluding carboxylic acids is 1. The average Bonchev–Trinajstić information content (AvgIpc) is 2.37. The van der Waals surface area contributed by atoms with E-state index in [0.717, 1.165) is 51.7 Å². The largest absolute Gasteiger partial charge is 0.375 e. The predicted molar refractivity (Wildman–Crippen MR) is 75.7 cm³/mol. The predicted octanol–water partition coefficient (Wildman–Crippen LogP) is 1.83. The second kappa shape index (κ2) is 6.23. The molecule has 0 aromatic rings. The van der Waals surface area contributed by atoms with Crippen LogP contribution >= 0.6 is 0 Å². The molecule has 110 valence electrons. The van der Waals surface area contributed by atoms with Gasteiger partial charge in [-0.3, -0.25) is 4.79 Å². The number of nitrogens with one attached hydrogen (secondary N) is 1. The van der Waals surface area contributed by atoms with E-state index in [0.29, 0.717) is 5.92 Å². The lowest BCUT2D eigenvalue weighted by Gasteiger charge is -2.37. The minimum absolute atomic E-state index is 0.104. The normalized spacial score (nSPS) is 34.8. The lowest BCUT2D eigenvalue weighted by molar-refractivity contribution is -0.129. The first-order chi connectivity index (χ1) is 9.00. The standard InChI is InChI=1S/C15H28N2O2/c1-15(2)9-13(7-8-19-15)17-14(18)12-5-3-11(10-16)4-6-12/h11-13H,3-10,16H2,1-2H3,(H,17,18). The van der Waals surface area contributed by atoms with E-state index >= 15 is 0 Å². The highest BCUT2D eigenvalue weighted by Crippen LogP contribution is 2.29. The second-order valence-electron chi connectivity index (χ2n) is 6.76. The molecule has 2 rings (SSSR count). The van der Waals surface area contributed by atoms with Crippen molar-refractivity contribution in [3.8, 4) is 0 Å². The second-order valence-corrected chi connectivity index (χ2v) is 6.76. The Balaban J connectivity index is 1.78. The lowest BCUT2D eigenvalue weighted by Crippen LogP contribution is -2.47. The van der Waals surface area contributed by atoms with Gasteiger partial charge in [0.15, 0.2) is 0 Å². The van der Waals surface area contributed by atoms with E-state index in [-0.39, 0.29) is 23.5 Å². The van der Waals surface area contributed by atoms with Crippen molar-refractivity contribution >= 4 is 5.91 Å². The molecule has 1 amide bonds. The monoisotopic (exact) mass is 268 g/mol. The number of carbonyl (C=O) groups is 1. The fourth-order valence-corrected chi connectivity index (χ4v) is 3.33. The molecule has 4 nitrogen and oxygen atoms in total. The summed E-state index contributed by atoms with van der Waals surface area (Å²) in [7, 11) is 0. The molecule has 3 N–H and O–H groups in total. The zero-order chi connectivity index (χ0) is 13.9. The first-order valence-corrected chi connectivity index (χ1v) is 7.64. The summed E-state index contributed by atoms with van der Waals surface area (Å²) >= 11 is 0. The van der Waals surface area contributed by atoms with Gasteiger partial charge in [0.05, 0.1) is 5.60 Å². The smallest absolute Gasteiger partial charge is 0.223 e. The van der Waals surface area contributed by atoms with Gasteiger partial charge in [-0.15, -0.1) is 0 Å². The first kappa shape index (κ1) is 14.8. The van der Waals surface area contributed by atoms with Crippen LogP contribution in [0.25, 0.3) is 0 Å². The minimum Gasteiger partial charge on any atom is -0.375 e. The van der Waals surface area contributed by atoms with Crippen molar-refractivity contribution in [2.24, 2.45) is 17.6 Å². The molecule has 1 aliphatic heterocycles.